The van der Waals surface area contributed by atoms with Crippen LogP contribution in [0.2, 0.25) is 5.02 Å². The molecule has 1 saturated heterocycles. The van der Waals surface area contributed by atoms with Gasteiger partial charge in [-0.2, -0.15) is 0 Å². The fourth-order valence-corrected chi connectivity index (χ4v) is 6.07. The zero-order valence-corrected chi connectivity index (χ0v) is 22.1. The summed E-state index contributed by atoms with van der Waals surface area (Å²) in [4.78, 5) is 32.3. The van der Waals surface area contributed by atoms with Crippen molar-refractivity contribution in [3.05, 3.63) is 92.3 Å². The second-order valence-electron chi connectivity index (χ2n) is 9.41. The number of carbonyl (C=O) groups excluding carboxylic acids is 2. The molecule has 1 fully saturated rings. The minimum Gasteiger partial charge on any atom is -0.383 e. The van der Waals surface area contributed by atoms with E-state index in [4.69, 9.17) is 17.3 Å². The molecule has 8 heteroatoms. The molecule has 4 aromatic rings. The predicted molar refractivity (Wildman–Crippen MR) is 157 cm³/mol. The summed E-state index contributed by atoms with van der Waals surface area (Å²) in [6, 6.07) is 18.1. The van der Waals surface area contributed by atoms with Crippen LogP contribution in [0.4, 0.5) is 5.82 Å². The molecule has 2 aromatic carbocycles. The Bertz CT molecular complexity index is 1430. The number of amides is 2. The Labute approximate surface area is 232 Å². The van der Waals surface area contributed by atoms with Crippen LogP contribution >= 0.6 is 22.9 Å². The molecule has 2 aromatic heterocycles. The maximum absolute atomic E-state index is 12.8. The number of halogens is 1. The number of fused-ring (bicyclic) bond motifs is 1. The largest absolute Gasteiger partial charge is 0.383 e. The van der Waals surface area contributed by atoms with Gasteiger partial charge in [-0.05, 0) is 66.0 Å². The molecular formula is C30H33ClN4O2S. The molecule has 2 amide bonds. The fourth-order valence-electron chi connectivity index (χ4n) is 4.68. The topological polar surface area (TPSA) is 88.3 Å². The highest BCUT2D eigenvalue weighted by atomic mass is 35.5. The normalized spacial score (nSPS) is 13.1. The number of likely N-dealkylation sites (tertiary alicyclic amines) is 1. The first-order valence-corrected chi connectivity index (χ1v) is 13.7. The van der Waals surface area contributed by atoms with Crippen LogP contribution in [-0.2, 0) is 30.7 Å². The van der Waals surface area contributed by atoms with Gasteiger partial charge in [0.25, 0.3) is 5.91 Å². The maximum atomic E-state index is 12.8. The van der Waals surface area contributed by atoms with Gasteiger partial charge in [0, 0.05) is 42.5 Å². The van der Waals surface area contributed by atoms with Crippen LogP contribution in [0.5, 0.6) is 0 Å². The van der Waals surface area contributed by atoms with E-state index in [2.05, 4.69) is 34.6 Å². The van der Waals surface area contributed by atoms with Crippen molar-refractivity contribution in [2.45, 2.75) is 52.6 Å². The lowest BCUT2D eigenvalue weighted by Gasteiger charge is -2.15. The highest BCUT2D eigenvalue weighted by Crippen LogP contribution is 2.29. The summed E-state index contributed by atoms with van der Waals surface area (Å²) in [5.74, 6) is 0.627. The smallest absolute Gasteiger partial charge is 0.261 e. The van der Waals surface area contributed by atoms with E-state index >= 15 is 0 Å². The standard InChI is InChI=1S/C29H29ClN4O2S.CH4/c30-24-16-26(29(36)33-17-21-10-11-23-22(15-21)12-13-32-28(23)31)37-25(24)4-1-3-19-6-8-20(9-7-19)18-34-14-2-5-27(34)35;/h6-13,15-16H,1-5,14,17-18H2,(H2,31,32)(H,33,36);1H4. The summed E-state index contributed by atoms with van der Waals surface area (Å²) >= 11 is 7.92. The quantitative estimate of drug-likeness (QED) is 0.253. The summed E-state index contributed by atoms with van der Waals surface area (Å²) < 4.78 is 0. The van der Waals surface area contributed by atoms with Crippen LogP contribution in [0.3, 0.4) is 0 Å². The van der Waals surface area contributed by atoms with E-state index in [9.17, 15) is 9.59 Å². The number of aromatic nitrogens is 1. The van der Waals surface area contributed by atoms with Crippen molar-refractivity contribution in [3.8, 4) is 0 Å². The average Bonchev–Trinajstić information content (AvgIpc) is 3.48. The Morgan fingerprint density at radius 2 is 1.82 bits per heavy atom. The highest BCUT2D eigenvalue weighted by Gasteiger charge is 2.20. The number of hydrogen-bond donors (Lipinski definition) is 2. The number of hydrogen-bond acceptors (Lipinski definition) is 5. The SMILES string of the molecule is C.Nc1nccc2cc(CNC(=O)c3cc(Cl)c(CCCc4ccc(CN5CCCC5=O)cc4)s3)ccc12. The summed E-state index contributed by atoms with van der Waals surface area (Å²) in [7, 11) is 0. The summed E-state index contributed by atoms with van der Waals surface area (Å²) in [5.41, 5.74) is 9.34. The van der Waals surface area contributed by atoms with E-state index in [1.807, 2.05) is 29.2 Å². The molecule has 0 unspecified atom stereocenters. The Morgan fingerprint density at radius 3 is 2.58 bits per heavy atom. The number of benzene rings is 2. The van der Waals surface area contributed by atoms with Gasteiger partial charge in [0.05, 0.1) is 9.90 Å². The molecule has 6 nitrogen and oxygen atoms in total. The van der Waals surface area contributed by atoms with Crippen LogP contribution in [-0.4, -0.2) is 28.2 Å². The first-order valence-electron chi connectivity index (χ1n) is 12.5. The van der Waals surface area contributed by atoms with Gasteiger partial charge in [-0.3, -0.25) is 9.59 Å². The highest BCUT2D eigenvalue weighted by molar-refractivity contribution is 7.14. The maximum Gasteiger partial charge on any atom is 0.261 e. The van der Waals surface area contributed by atoms with E-state index in [0.717, 1.165) is 53.4 Å². The number of rotatable bonds is 9. The number of aryl methyl sites for hydroxylation is 2. The third-order valence-electron chi connectivity index (χ3n) is 6.73. The number of carbonyl (C=O) groups is 2. The molecule has 1 aliphatic heterocycles. The first-order chi connectivity index (χ1) is 18.0. The molecule has 0 radical (unpaired) electrons. The van der Waals surface area contributed by atoms with Crippen LogP contribution < -0.4 is 11.1 Å². The lowest BCUT2D eigenvalue weighted by Crippen LogP contribution is -2.23. The van der Waals surface area contributed by atoms with Crippen molar-refractivity contribution in [2.24, 2.45) is 0 Å². The van der Waals surface area contributed by atoms with Crippen LogP contribution in [0.15, 0.2) is 60.8 Å². The Balaban J connectivity index is 0.00000336. The molecular weight excluding hydrogens is 516 g/mol. The van der Waals surface area contributed by atoms with Crippen molar-refractivity contribution >= 4 is 51.3 Å². The van der Waals surface area contributed by atoms with Gasteiger partial charge in [-0.15, -0.1) is 11.3 Å². The molecule has 5 rings (SSSR count). The van der Waals surface area contributed by atoms with Gasteiger partial charge < -0.3 is 16.0 Å². The zero-order valence-electron chi connectivity index (χ0n) is 20.5. The summed E-state index contributed by atoms with van der Waals surface area (Å²) in [5, 5.41) is 5.54. The molecule has 0 aliphatic carbocycles. The monoisotopic (exact) mass is 548 g/mol. The van der Waals surface area contributed by atoms with E-state index in [0.29, 0.717) is 35.2 Å². The van der Waals surface area contributed by atoms with E-state index in [1.165, 1.54) is 22.5 Å². The number of nitrogens with zero attached hydrogens (tertiary/aromatic N) is 2. The van der Waals surface area contributed by atoms with Crippen molar-refractivity contribution < 1.29 is 9.59 Å². The lowest BCUT2D eigenvalue weighted by atomic mass is 10.1. The summed E-state index contributed by atoms with van der Waals surface area (Å²) in [6.07, 6.45) is 6.01. The zero-order chi connectivity index (χ0) is 25.8. The molecule has 1 aliphatic rings. The van der Waals surface area contributed by atoms with Crippen LogP contribution in [0, 0.1) is 0 Å². The van der Waals surface area contributed by atoms with Gasteiger partial charge in [-0.25, -0.2) is 4.98 Å². The number of nitrogen functional groups attached to an aromatic ring is 1. The van der Waals surface area contributed by atoms with E-state index < -0.39 is 0 Å². The molecule has 0 atom stereocenters. The molecule has 0 bridgehead atoms. The van der Waals surface area contributed by atoms with E-state index in [1.54, 1.807) is 12.3 Å². The second kappa shape index (κ2) is 12.4. The van der Waals surface area contributed by atoms with Gasteiger partial charge in [-0.1, -0.05) is 55.4 Å². The minimum atomic E-state index is -0.125. The third kappa shape index (κ3) is 6.52. The Kier molecular flexibility index (Phi) is 9.02. The summed E-state index contributed by atoms with van der Waals surface area (Å²) in [6.45, 7) is 1.98. The Hall–Kier alpha value is -3.42. The molecule has 198 valence electrons. The molecule has 3 N–H and O–H groups in total. The number of nitrogens with one attached hydrogen (secondary N) is 1. The molecule has 3 heterocycles. The van der Waals surface area contributed by atoms with Gasteiger partial charge in [0.1, 0.15) is 5.82 Å². The number of thiophene rings is 1. The van der Waals surface area contributed by atoms with Gasteiger partial charge in [0.2, 0.25) is 5.91 Å². The van der Waals surface area contributed by atoms with Crippen molar-refractivity contribution in [1.82, 2.24) is 15.2 Å². The van der Waals surface area contributed by atoms with Gasteiger partial charge >= 0.3 is 0 Å². The fraction of sp³-hybridized carbons (Fsp3) is 0.300. The third-order valence-corrected chi connectivity index (χ3v) is 8.37. The predicted octanol–water partition coefficient (Wildman–Crippen LogP) is 6.40. The Morgan fingerprint density at radius 1 is 1.05 bits per heavy atom. The number of nitrogens with two attached hydrogens (primary N) is 1. The minimum absolute atomic E-state index is 0. The number of anilines is 1. The number of pyridine rings is 1. The average molecular weight is 549 g/mol. The molecule has 0 spiro atoms. The molecule has 38 heavy (non-hydrogen) atoms. The molecule has 0 saturated carbocycles. The van der Waals surface area contributed by atoms with Crippen molar-refractivity contribution in [1.29, 1.82) is 0 Å². The van der Waals surface area contributed by atoms with Crippen molar-refractivity contribution in [3.63, 3.8) is 0 Å². The first kappa shape index (κ1) is 27.6. The van der Waals surface area contributed by atoms with Crippen LogP contribution in [0.1, 0.15) is 57.9 Å². The van der Waals surface area contributed by atoms with E-state index in [-0.39, 0.29) is 19.2 Å². The van der Waals surface area contributed by atoms with Gasteiger partial charge in [0.15, 0.2) is 0 Å². The van der Waals surface area contributed by atoms with Crippen molar-refractivity contribution in [2.75, 3.05) is 12.3 Å². The van der Waals surface area contributed by atoms with Crippen LogP contribution in [0.25, 0.3) is 10.8 Å². The second-order valence-corrected chi connectivity index (χ2v) is 10.9. The lowest BCUT2D eigenvalue weighted by molar-refractivity contribution is -0.128.